The lowest BCUT2D eigenvalue weighted by atomic mass is 9.51. The Morgan fingerprint density at radius 2 is 1.80 bits per heavy atom. The Labute approximate surface area is 304 Å². The van der Waals surface area contributed by atoms with E-state index in [2.05, 4.69) is 6.08 Å². The fourth-order valence-electron chi connectivity index (χ4n) is 9.26. The third kappa shape index (κ3) is 4.95. The van der Waals surface area contributed by atoms with Crippen LogP contribution < -0.4 is 9.64 Å². The number of carbonyl (C=O) groups is 4. The summed E-state index contributed by atoms with van der Waals surface area (Å²) in [5.74, 6) is -2.70. The number of nitrogens with zero attached hydrogens (tertiary/aromatic N) is 4. The van der Waals surface area contributed by atoms with E-state index < -0.39 is 29.1 Å². The first-order valence-electron chi connectivity index (χ1n) is 17.5. The number of aliphatic hydroxyl groups is 1. The molecule has 2 aromatic heterocycles. The summed E-state index contributed by atoms with van der Waals surface area (Å²) in [4.78, 5) is 60.8. The number of thiophene rings is 1. The highest BCUT2D eigenvalue weighted by molar-refractivity contribution is 7.22. The number of amides is 4. The van der Waals surface area contributed by atoms with Crippen LogP contribution in [0.4, 0.5) is 5.82 Å². The molecule has 12 heteroatoms. The number of halogens is 1. The zero-order valence-electron chi connectivity index (χ0n) is 28.9. The van der Waals surface area contributed by atoms with Crippen molar-refractivity contribution in [2.45, 2.75) is 46.0 Å². The predicted octanol–water partition coefficient (Wildman–Crippen LogP) is 6.28. The van der Waals surface area contributed by atoms with E-state index in [1.54, 1.807) is 35.2 Å². The maximum atomic E-state index is 15.0. The highest BCUT2D eigenvalue weighted by Crippen LogP contribution is 2.63. The van der Waals surface area contributed by atoms with Crippen molar-refractivity contribution in [3.63, 3.8) is 0 Å². The Hall–Kier alpha value is -4.32. The molecular formula is C39H39ClN4O6S. The van der Waals surface area contributed by atoms with E-state index >= 15 is 4.79 Å². The van der Waals surface area contributed by atoms with E-state index in [-0.39, 0.29) is 42.8 Å². The Morgan fingerprint density at radius 3 is 2.53 bits per heavy atom. The highest BCUT2D eigenvalue weighted by Gasteiger charge is 2.67. The molecule has 264 valence electrons. The predicted molar refractivity (Wildman–Crippen MR) is 194 cm³/mol. The van der Waals surface area contributed by atoms with E-state index in [1.165, 1.54) is 9.80 Å². The Kier molecular flexibility index (Phi) is 8.23. The summed E-state index contributed by atoms with van der Waals surface area (Å²) in [6.07, 6.45) is 3.43. The lowest BCUT2D eigenvalue weighted by Gasteiger charge is -2.49. The molecule has 1 N–H and O–H groups in total. The molecule has 6 unspecified atom stereocenters. The largest absolute Gasteiger partial charge is 0.491 e. The molecule has 2 saturated heterocycles. The maximum Gasteiger partial charge on any atom is 0.242 e. The SMILES string of the molecule is CCCN1C(=O)C2CC=C3C(CC4C(=O)N(c5cc(-c6sc7ccc(Cl)cc7c6C)nn5C)C(=O)C4(C)C3c3ccc(OCCO)cc3)C2C1=O. The monoisotopic (exact) mass is 726 g/mol. The molecule has 4 aromatic rings. The van der Waals surface area contributed by atoms with Crippen LogP contribution in [0, 0.1) is 36.0 Å². The molecule has 4 amide bonds. The first-order valence-corrected chi connectivity index (χ1v) is 18.7. The number of likely N-dealkylation sites (tertiary alicyclic amines) is 1. The minimum absolute atomic E-state index is 0.123. The van der Waals surface area contributed by atoms with E-state index in [1.807, 2.05) is 57.2 Å². The number of fused-ring (bicyclic) bond motifs is 5. The minimum atomic E-state index is -1.18. The average Bonchev–Trinajstić information content (AvgIpc) is 3.78. The molecule has 2 aliphatic carbocycles. The van der Waals surface area contributed by atoms with Crippen LogP contribution in [0.2, 0.25) is 5.02 Å². The van der Waals surface area contributed by atoms with Gasteiger partial charge in [-0.2, -0.15) is 5.10 Å². The first-order chi connectivity index (χ1) is 24.5. The van der Waals surface area contributed by atoms with E-state index in [0.29, 0.717) is 48.1 Å². The molecule has 4 aliphatic rings. The van der Waals surface area contributed by atoms with Crippen LogP contribution in [-0.4, -0.2) is 63.2 Å². The smallest absolute Gasteiger partial charge is 0.242 e. The molecule has 4 heterocycles. The van der Waals surface area contributed by atoms with Gasteiger partial charge in [0.2, 0.25) is 23.6 Å². The van der Waals surface area contributed by atoms with Crippen LogP contribution in [0.3, 0.4) is 0 Å². The van der Waals surface area contributed by atoms with Crippen molar-refractivity contribution in [3.05, 3.63) is 76.3 Å². The number of hydrogen-bond acceptors (Lipinski definition) is 8. The standard InChI is InChI=1S/C39H39ClN4O6S/c1-5-14-43-35(46)25-12-11-24-27(32(25)37(43)48)18-28-36(47)44(38(49)39(28,3)33(24)21-6-9-23(10-7-21)50-16-15-45)31-19-29(41-42(31)4)34-20(2)26-17-22(40)8-13-30(26)51-34/h6-11,13,17,19,25,27-28,32-33,45H,5,12,14-16,18H2,1-4H3. The van der Waals surface area contributed by atoms with Crippen molar-refractivity contribution in [2.75, 3.05) is 24.7 Å². The second kappa shape index (κ2) is 12.4. The zero-order chi connectivity index (χ0) is 35.9. The van der Waals surface area contributed by atoms with Crippen LogP contribution in [0.1, 0.15) is 50.2 Å². The summed E-state index contributed by atoms with van der Waals surface area (Å²) in [5.41, 5.74) is 2.26. The maximum absolute atomic E-state index is 15.0. The molecule has 0 bridgehead atoms. The number of allylic oxidation sites excluding steroid dienone is 2. The molecule has 0 radical (unpaired) electrons. The number of aromatic nitrogens is 2. The van der Waals surface area contributed by atoms with Gasteiger partial charge in [-0.3, -0.25) is 28.8 Å². The van der Waals surface area contributed by atoms with Gasteiger partial charge in [-0.05, 0) is 85.9 Å². The van der Waals surface area contributed by atoms with Gasteiger partial charge < -0.3 is 9.84 Å². The molecule has 1 saturated carbocycles. The molecule has 6 atom stereocenters. The number of benzene rings is 2. The average molecular weight is 727 g/mol. The van der Waals surface area contributed by atoms with Crippen LogP contribution in [0.15, 0.2) is 60.2 Å². The molecule has 2 aliphatic heterocycles. The van der Waals surface area contributed by atoms with E-state index in [9.17, 15) is 19.5 Å². The lowest BCUT2D eigenvalue weighted by molar-refractivity contribution is -0.140. The van der Waals surface area contributed by atoms with Gasteiger partial charge >= 0.3 is 0 Å². The van der Waals surface area contributed by atoms with Gasteiger partial charge in [0.05, 0.1) is 34.7 Å². The van der Waals surface area contributed by atoms with Gasteiger partial charge in [0.25, 0.3) is 0 Å². The summed E-state index contributed by atoms with van der Waals surface area (Å²) in [7, 11) is 1.74. The van der Waals surface area contributed by atoms with Crippen molar-refractivity contribution in [3.8, 4) is 16.3 Å². The van der Waals surface area contributed by atoms with Gasteiger partial charge in [0, 0.05) is 35.3 Å². The number of hydrogen-bond donors (Lipinski definition) is 1. The van der Waals surface area contributed by atoms with Gasteiger partial charge in [0.1, 0.15) is 23.9 Å². The molecule has 8 rings (SSSR count). The molecule has 2 aromatic carbocycles. The summed E-state index contributed by atoms with van der Waals surface area (Å²) in [5, 5.41) is 15.7. The summed E-state index contributed by atoms with van der Waals surface area (Å²) in [6.45, 7) is 6.23. The summed E-state index contributed by atoms with van der Waals surface area (Å²) in [6, 6.07) is 15.0. The van der Waals surface area contributed by atoms with Crippen molar-refractivity contribution in [2.24, 2.45) is 36.1 Å². The third-order valence-corrected chi connectivity index (χ3v) is 13.1. The lowest BCUT2D eigenvalue weighted by Crippen LogP contribution is -2.48. The number of aryl methyl sites for hydroxylation is 2. The van der Waals surface area contributed by atoms with Crippen molar-refractivity contribution < 1.29 is 29.0 Å². The normalized spacial score (nSPS) is 27.3. The fourth-order valence-corrected chi connectivity index (χ4v) is 10.6. The molecule has 10 nitrogen and oxygen atoms in total. The zero-order valence-corrected chi connectivity index (χ0v) is 30.5. The number of ether oxygens (including phenoxy) is 1. The van der Waals surface area contributed by atoms with Crippen LogP contribution in [0.5, 0.6) is 5.75 Å². The Balaban J connectivity index is 1.23. The second-order valence-corrected chi connectivity index (χ2v) is 15.8. The molecular weight excluding hydrogens is 688 g/mol. The number of imide groups is 2. The van der Waals surface area contributed by atoms with E-state index in [4.69, 9.17) is 21.4 Å². The van der Waals surface area contributed by atoms with E-state index in [0.717, 1.165) is 31.7 Å². The number of rotatable bonds is 8. The summed E-state index contributed by atoms with van der Waals surface area (Å²) < 4.78 is 8.29. The third-order valence-electron chi connectivity index (χ3n) is 11.6. The molecule has 0 spiro atoms. The molecule has 3 fully saturated rings. The van der Waals surface area contributed by atoms with Crippen LogP contribution in [-0.2, 0) is 26.2 Å². The van der Waals surface area contributed by atoms with Crippen molar-refractivity contribution in [1.29, 1.82) is 0 Å². The topological polar surface area (TPSA) is 122 Å². The quantitative estimate of drug-likeness (QED) is 0.168. The molecule has 51 heavy (non-hydrogen) atoms. The van der Waals surface area contributed by atoms with Crippen LogP contribution in [0.25, 0.3) is 20.7 Å². The van der Waals surface area contributed by atoms with Gasteiger partial charge in [-0.15, -0.1) is 11.3 Å². The van der Waals surface area contributed by atoms with Crippen molar-refractivity contribution in [1.82, 2.24) is 14.7 Å². The highest BCUT2D eigenvalue weighted by atomic mass is 35.5. The Bertz CT molecular complexity index is 2160. The fraction of sp³-hybridized carbons (Fsp3) is 0.410. The second-order valence-electron chi connectivity index (χ2n) is 14.3. The number of aliphatic hydroxyl groups excluding tert-OH is 1. The minimum Gasteiger partial charge on any atom is -0.491 e. The van der Waals surface area contributed by atoms with Gasteiger partial charge in [0.15, 0.2) is 0 Å². The summed E-state index contributed by atoms with van der Waals surface area (Å²) >= 11 is 7.89. The Morgan fingerprint density at radius 1 is 1.04 bits per heavy atom. The van der Waals surface area contributed by atoms with Crippen molar-refractivity contribution >= 4 is 62.5 Å². The van der Waals surface area contributed by atoms with Gasteiger partial charge in [-0.25, -0.2) is 4.90 Å². The van der Waals surface area contributed by atoms with Gasteiger partial charge in [-0.1, -0.05) is 42.3 Å². The first kappa shape index (κ1) is 33.8. The number of carbonyl (C=O) groups excluding carboxylic acids is 4. The van der Waals surface area contributed by atoms with Crippen LogP contribution >= 0.6 is 22.9 Å². The number of anilines is 1.